The number of aryl methyl sites for hydroxylation is 1. The number of hydrogen-bond donors (Lipinski definition) is 1. The van der Waals surface area contributed by atoms with Crippen LogP contribution >= 0.6 is 0 Å². The van der Waals surface area contributed by atoms with E-state index in [9.17, 15) is 0 Å². The second kappa shape index (κ2) is 4.23. The molecule has 2 aromatic heterocycles. The van der Waals surface area contributed by atoms with Gasteiger partial charge in [0.15, 0.2) is 0 Å². The molecular weight excluding hydrogens is 188 g/mol. The second-order valence-corrected chi connectivity index (χ2v) is 3.42. The Balaban J connectivity index is 2.47. The summed E-state index contributed by atoms with van der Waals surface area (Å²) in [6.45, 7) is 0.769. The van der Waals surface area contributed by atoms with E-state index >= 15 is 0 Å². The first-order chi connectivity index (χ1) is 7.33. The van der Waals surface area contributed by atoms with Crippen LogP contribution in [0, 0.1) is 0 Å². The van der Waals surface area contributed by atoms with Crippen molar-refractivity contribution in [1.82, 2.24) is 19.9 Å². The molecule has 0 aromatic carbocycles. The van der Waals surface area contributed by atoms with Crippen LogP contribution in [0.1, 0.15) is 5.69 Å². The van der Waals surface area contributed by atoms with E-state index in [0.717, 1.165) is 23.5 Å². The molecular formula is C11H14N4. The second-order valence-electron chi connectivity index (χ2n) is 3.42. The molecule has 0 atom stereocenters. The minimum atomic E-state index is 0.769. The highest BCUT2D eigenvalue weighted by molar-refractivity contribution is 5.61. The summed E-state index contributed by atoms with van der Waals surface area (Å²) in [5.41, 5.74) is 3.27. The van der Waals surface area contributed by atoms with Crippen LogP contribution in [0.15, 0.2) is 30.9 Å². The van der Waals surface area contributed by atoms with Crippen molar-refractivity contribution in [1.29, 1.82) is 0 Å². The van der Waals surface area contributed by atoms with Crippen molar-refractivity contribution in [3.8, 4) is 11.3 Å². The number of imidazole rings is 1. The molecule has 0 saturated heterocycles. The fourth-order valence-electron chi connectivity index (χ4n) is 1.65. The summed E-state index contributed by atoms with van der Waals surface area (Å²) in [6, 6.07) is 3.98. The number of nitrogens with one attached hydrogen (secondary N) is 1. The number of hydrogen-bond acceptors (Lipinski definition) is 3. The zero-order chi connectivity index (χ0) is 10.7. The van der Waals surface area contributed by atoms with Crippen LogP contribution in [0.5, 0.6) is 0 Å². The predicted octanol–water partition coefficient (Wildman–Crippen LogP) is 1.20. The average molecular weight is 202 g/mol. The lowest BCUT2D eigenvalue weighted by atomic mass is 10.1. The zero-order valence-corrected chi connectivity index (χ0v) is 8.94. The highest BCUT2D eigenvalue weighted by atomic mass is 15.0. The van der Waals surface area contributed by atoms with Gasteiger partial charge in [-0.25, -0.2) is 4.98 Å². The fraction of sp³-hybridized carbons (Fsp3) is 0.273. The Morgan fingerprint density at radius 3 is 3.00 bits per heavy atom. The van der Waals surface area contributed by atoms with Gasteiger partial charge in [-0.05, 0) is 19.2 Å². The van der Waals surface area contributed by atoms with Crippen molar-refractivity contribution < 1.29 is 0 Å². The number of nitrogens with zero attached hydrogens (tertiary/aromatic N) is 3. The number of rotatable bonds is 3. The van der Waals surface area contributed by atoms with Gasteiger partial charge in [-0.3, -0.25) is 4.98 Å². The molecule has 0 saturated carbocycles. The van der Waals surface area contributed by atoms with Crippen molar-refractivity contribution in [2.45, 2.75) is 6.54 Å². The average Bonchev–Trinajstić information content (AvgIpc) is 2.62. The molecule has 78 valence electrons. The first-order valence-electron chi connectivity index (χ1n) is 4.88. The summed E-state index contributed by atoms with van der Waals surface area (Å²) in [5.74, 6) is 0. The van der Waals surface area contributed by atoms with E-state index in [1.54, 1.807) is 6.20 Å². The van der Waals surface area contributed by atoms with Gasteiger partial charge in [-0.15, -0.1) is 0 Å². The first kappa shape index (κ1) is 9.86. The SMILES string of the molecule is CNCc1ncn(C)c1-c1cccnc1. The Morgan fingerprint density at radius 1 is 1.47 bits per heavy atom. The van der Waals surface area contributed by atoms with Crippen LogP contribution in [-0.2, 0) is 13.6 Å². The topological polar surface area (TPSA) is 42.7 Å². The molecule has 2 aromatic rings. The van der Waals surface area contributed by atoms with Gasteiger partial charge in [-0.1, -0.05) is 0 Å². The fourth-order valence-corrected chi connectivity index (χ4v) is 1.65. The van der Waals surface area contributed by atoms with E-state index < -0.39 is 0 Å². The van der Waals surface area contributed by atoms with E-state index in [2.05, 4.69) is 15.3 Å². The maximum atomic E-state index is 4.35. The lowest BCUT2D eigenvalue weighted by Gasteiger charge is -2.05. The third kappa shape index (κ3) is 1.89. The molecule has 1 N–H and O–H groups in total. The molecule has 0 radical (unpaired) electrons. The predicted molar refractivity (Wildman–Crippen MR) is 59.2 cm³/mol. The summed E-state index contributed by atoms with van der Waals surface area (Å²) in [5, 5.41) is 3.11. The van der Waals surface area contributed by atoms with E-state index in [1.807, 2.05) is 43.3 Å². The van der Waals surface area contributed by atoms with Crippen molar-refractivity contribution >= 4 is 0 Å². The lowest BCUT2D eigenvalue weighted by molar-refractivity contribution is 0.797. The van der Waals surface area contributed by atoms with Crippen LogP contribution in [0.25, 0.3) is 11.3 Å². The van der Waals surface area contributed by atoms with Crippen LogP contribution in [0.2, 0.25) is 0 Å². The first-order valence-corrected chi connectivity index (χ1v) is 4.88. The standard InChI is InChI=1S/C11H14N4/c1-12-7-10-11(15(2)8-14-10)9-4-3-5-13-6-9/h3-6,8,12H,7H2,1-2H3. The smallest absolute Gasteiger partial charge is 0.0952 e. The van der Waals surface area contributed by atoms with Gasteiger partial charge in [0.05, 0.1) is 17.7 Å². The highest BCUT2D eigenvalue weighted by Crippen LogP contribution is 2.20. The van der Waals surface area contributed by atoms with Crippen LogP contribution in [-0.4, -0.2) is 21.6 Å². The molecule has 0 spiro atoms. The van der Waals surface area contributed by atoms with Gasteiger partial charge in [-0.2, -0.15) is 0 Å². The van der Waals surface area contributed by atoms with Crippen LogP contribution < -0.4 is 5.32 Å². The summed E-state index contributed by atoms with van der Waals surface area (Å²) in [7, 11) is 3.91. The van der Waals surface area contributed by atoms with Gasteiger partial charge < -0.3 is 9.88 Å². The minimum Gasteiger partial charge on any atom is -0.333 e. The Kier molecular flexibility index (Phi) is 2.78. The van der Waals surface area contributed by atoms with Crippen molar-refractivity contribution in [2.24, 2.45) is 7.05 Å². The maximum Gasteiger partial charge on any atom is 0.0952 e. The van der Waals surface area contributed by atoms with Gasteiger partial charge in [0.1, 0.15) is 0 Å². The molecule has 15 heavy (non-hydrogen) atoms. The molecule has 0 fully saturated rings. The Morgan fingerprint density at radius 2 is 2.33 bits per heavy atom. The summed E-state index contributed by atoms with van der Waals surface area (Å²) in [4.78, 5) is 8.48. The van der Waals surface area contributed by atoms with Gasteiger partial charge >= 0.3 is 0 Å². The molecule has 0 aliphatic carbocycles. The van der Waals surface area contributed by atoms with Crippen molar-refractivity contribution in [3.05, 3.63) is 36.5 Å². The number of aromatic nitrogens is 3. The normalized spacial score (nSPS) is 10.5. The molecule has 0 unspecified atom stereocenters. The van der Waals surface area contributed by atoms with Gasteiger partial charge in [0.2, 0.25) is 0 Å². The van der Waals surface area contributed by atoms with E-state index in [1.165, 1.54) is 0 Å². The third-order valence-electron chi connectivity index (χ3n) is 2.29. The molecule has 4 nitrogen and oxygen atoms in total. The van der Waals surface area contributed by atoms with Crippen LogP contribution in [0.4, 0.5) is 0 Å². The summed E-state index contributed by atoms with van der Waals surface area (Å²) in [6.07, 6.45) is 5.46. The van der Waals surface area contributed by atoms with E-state index in [4.69, 9.17) is 0 Å². The maximum absolute atomic E-state index is 4.35. The van der Waals surface area contributed by atoms with E-state index in [0.29, 0.717) is 0 Å². The lowest BCUT2D eigenvalue weighted by Crippen LogP contribution is -2.07. The molecule has 0 aliphatic rings. The molecule has 4 heteroatoms. The summed E-state index contributed by atoms with van der Waals surface area (Å²) >= 11 is 0. The largest absolute Gasteiger partial charge is 0.333 e. The van der Waals surface area contributed by atoms with Crippen molar-refractivity contribution in [3.63, 3.8) is 0 Å². The zero-order valence-electron chi connectivity index (χ0n) is 8.94. The van der Waals surface area contributed by atoms with Crippen LogP contribution in [0.3, 0.4) is 0 Å². The quantitative estimate of drug-likeness (QED) is 0.813. The third-order valence-corrected chi connectivity index (χ3v) is 2.29. The van der Waals surface area contributed by atoms with Gasteiger partial charge in [0, 0.05) is 31.5 Å². The molecule has 0 aliphatic heterocycles. The summed E-state index contributed by atoms with van der Waals surface area (Å²) < 4.78 is 2.02. The van der Waals surface area contributed by atoms with Gasteiger partial charge in [0.25, 0.3) is 0 Å². The van der Waals surface area contributed by atoms with Crippen molar-refractivity contribution in [2.75, 3.05) is 7.05 Å². The Bertz CT molecular complexity index is 433. The molecule has 2 heterocycles. The Hall–Kier alpha value is -1.68. The highest BCUT2D eigenvalue weighted by Gasteiger charge is 2.09. The Labute approximate surface area is 89.0 Å². The minimum absolute atomic E-state index is 0.769. The molecule has 2 rings (SSSR count). The number of pyridine rings is 1. The molecule has 0 bridgehead atoms. The van der Waals surface area contributed by atoms with E-state index in [-0.39, 0.29) is 0 Å². The molecule has 0 amide bonds. The monoisotopic (exact) mass is 202 g/mol.